The maximum absolute atomic E-state index is 6.66. The Labute approximate surface area is 231 Å². The molecule has 1 aliphatic heterocycles. The van der Waals surface area contributed by atoms with E-state index in [0.717, 1.165) is 26.3 Å². The van der Waals surface area contributed by atoms with Gasteiger partial charge in [0.25, 0.3) is 0 Å². The second-order valence-electron chi connectivity index (χ2n) is 10.3. The molecule has 190 valence electrons. The van der Waals surface area contributed by atoms with Crippen LogP contribution in [0.1, 0.15) is 25.0 Å². The fourth-order valence-electron chi connectivity index (χ4n) is 5.26. The van der Waals surface area contributed by atoms with Gasteiger partial charge in [-0.05, 0) is 35.6 Å². The summed E-state index contributed by atoms with van der Waals surface area (Å²) >= 11 is 8.70. The van der Waals surface area contributed by atoms with E-state index in [1.165, 1.54) is 21.7 Å². The lowest BCUT2D eigenvalue weighted by Gasteiger charge is -2.40. The van der Waals surface area contributed by atoms with Gasteiger partial charge in [-0.15, -0.1) is 11.4 Å². The monoisotopic (exact) mass is 542 g/mol. The molecule has 0 aromatic heterocycles. The van der Waals surface area contributed by atoms with Crippen LogP contribution in [0, 0.1) is 0 Å². The predicted molar refractivity (Wildman–Crippen MR) is 166 cm³/mol. The van der Waals surface area contributed by atoms with Crippen LogP contribution in [-0.4, -0.2) is 33.8 Å². The lowest BCUT2D eigenvalue weighted by molar-refractivity contribution is 0.196. The zero-order valence-electron chi connectivity index (χ0n) is 21.6. The molecule has 0 radical (unpaired) electrons. The molecule has 0 amide bonds. The highest BCUT2D eigenvalue weighted by atomic mass is 32.9. The fraction of sp³-hybridized carbons (Fsp3) is 0.250. The summed E-state index contributed by atoms with van der Waals surface area (Å²) in [5.74, 6) is 0. The summed E-state index contributed by atoms with van der Waals surface area (Å²) in [6.45, 7) is 8.73. The Hall–Kier alpha value is -2.20. The average Bonchev–Trinajstić information content (AvgIpc) is 3.33. The minimum absolute atomic E-state index is 0.0541. The summed E-state index contributed by atoms with van der Waals surface area (Å²) in [6, 6.07) is 43.7. The Bertz CT molecular complexity index is 1270. The molecule has 0 spiro atoms. The van der Waals surface area contributed by atoms with Crippen molar-refractivity contribution in [2.75, 3.05) is 13.2 Å². The van der Waals surface area contributed by atoms with Gasteiger partial charge in [-0.3, -0.25) is 9.80 Å². The van der Waals surface area contributed by atoms with E-state index in [4.69, 9.17) is 11.8 Å². The molecule has 1 atom stereocenters. The van der Waals surface area contributed by atoms with Crippen molar-refractivity contribution in [3.8, 4) is 0 Å². The molecule has 37 heavy (non-hydrogen) atoms. The van der Waals surface area contributed by atoms with Crippen LogP contribution in [-0.2, 0) is 24.9 Å². The van der Waals surface area contributed by atoms with Crippen LogP contribution in [0.4, 0.5) is 0 Å². The van der Waals surface area contributed by atoms with E-state index in [1.807, 2.05) is 11.4 Å². The van der Waals surface area contributed by atoms with Gasteiger partial charge in [0.1, 0.15) is 0 Å². The minimum atomic E-state index is -2.09. The molecular formula is C32H35N2PS2. The molecule has 1 unspecified atom stereocenters. The summed E-state index contributed by atoms with van der Waals surface area (Å²) in [5.41, 5.74) is 2.73. The minimum Gasteiger partial charge on any atom is -0.285 e. The number of hydrogen-bond acceptors (Lipinski definition) is 4. The lowest BCUT2D eigenvalue weighted by atomic mass is 10.0. The van der Waals surface area contributed by atoms with Crippen molar-refractivity contribution in [3.63, 3.8) is 0 Å². The summed E-state index contributed by atoms with van der Waals surface area (Å²) in [4.78, 5) is 5.26. The predicted octanol–water partition coefficient (Wildman–Crippen LogP) is 6.89. The smallest absolute Gasteiger partial charge is 0.0619 e. The van der Waals surface area contributed by atoms with Crippen LogP contribution in [0.3, 0.4) is 0 Å². The number of rotatable bonds is 9. The van der Waals surface area contributed by atoms with E-state index in [9.17, 15) is 0 Å². The zero-order valence-corrected chi connectivity index (χ0v) is 24.1. The molecule has 4 aromatic carbocycles. The SMILES string of the molecule is CC(C)(SP(=S)(c1ccccc1)c1ccccc1)C1CN(Cc2ccccc2)CN1Cc1ccccc1. The van der Waals surface area contributed by atoms with Crippen molar-refractivity contribution >= 4 is 39.0 Å². The highest BCUT2D eigenvalue weighted by molar-refractivity contribution is 8.75. The Kier molecular flexibility index (Phi) is 8.34. The van der Waals surface area contributed by atoms with Gasteiger partial charge in [-0.2, -0.15) is 0 Å². The van der Waals surface area contributed by atoms with Gasteiger partial charge in [0.15, 0.2) is 0 Å². The maximum Gasteiger partial charge on any atom is 0.0619 e. The second-order valence-corrected chi connectivity index (χ2v) is 18.2. The molecule has 0 aliphatic carbocycles. The van der Waals surface area contributed by atoms with Crippen LogP contribution in [0.5, 0.6) is 0 Å². The molecule has 5 rings (SSSR count). The van der Waals surface area contributed by atoms with Crippen LogP contribution in [0.15, 0.2) is 121 Å². The van der Waals surface area contributed by atoms with Crippen molar-refractivity contribution < 1.29 is 0 Å². The molecule has 2 nitrogen and oxygen atoms in total. The molecule has 0 bridgehead atoms. The molecule has 5 heteroatoms. The van der Waals surface area contributed by atoms with E-state index < -0.39 is 5.24 Å². The lowest BCUT2D eigenvalue weighted by Crippen LogP contribution is -2.45. The van der Waals surface area contributed by atoms with E-state index in [1.54, 1.807) is 0 Å². The van der Waals surface area contributed by atoms with Crippen LogP contribution in [0.25, 0.3) is 0 Å². The van der Waals surface area contributed by atoms with Crippen molar-refractivity contribution in [3.05, 3.63) is 132 Å². The summed E-state index contributed by atoms with van der Waals surface area (Å²) < 4.78 is -0.0541. The first kappa shape index (κ1) is 26.4. The second kappa shape index (κ2) is 11.7. The molecule has 4 aromatic rings. The Morgan fingerprint density at radius 2 is 1.14 bits per heavy atom. The number of benzene rings is 4. The van der Waals surface area contributed by atoms with E-state index in [0.29, 0.717) is 6.04 Å². The van der Waals surface area contributed by atoms with Gasteiger partial charge in [0, 0.05) is 30.4 Å². The summed E-state index contributed by atoms with van der Waals surface area (Å²) in [5, 5.41) is 0.473. The van der Waals surface area contributed by atoms with Crippen LogP contribution < -0.4 is 10.6 Å². The standard InChI is InChI=1S/C32H35N2PS2/c1-32(2,37-35(36,29-19-11-5-12-20-29)30-21-13-6-14-22-30)31-25-33(23-27-15-7-3-8-16-27)26-34(31)24-28-17-9-4-10-18-28/h3-22,31H,23-26H2,1-2H3. The van der Waals surface area contributed by atoms with Crippen molar-refractivity contribution in [2.24, 2.45) is 0 Å². The normalized spacial score (nSPS) is 17.2. The van der Waals surface area contributed by atoms with Gasteiger partial charge in [0.2, 0.25) is 0 Å². The third kappa shape index (κ3) is 6.28. The Morgan fingerprint density at radius 1 is 0.703 bits per heavy atom. The van der Waals surface area contributed by atoms with E-state index in [2.05, 4.69) is 145 Å². The number of hydrogen-bond donors (Lipinski definition) is 0. The van der Waals surface area contributed by atoms with Crippen molar-refractivity contribution in [1.82, 2.24) is 9.80 Å². The largest absolute Gasteiger partial charge is 0.285 e. The van der Waals surface area contributed by atoms with Crippen molar-refractivity contribution in [1.29, 1.82) is 0 Å². The fourth-order valence-corrected chi connectivity index (χ4v) is 14.1. The van der Waals surface area contributed by atoms with Gasteiger partial charge in [-0.25, -0.2) is 0 Å². The first-order chi connectivity index (χ1) is 17.9. The Morgan fingerprint density at radius 3 is 1.62 bits per heavy atom. The van der Waals surface area contributed by atoms with Gasteiger partial charge >= 0.3 is 0 Å². The molecule has 1 heterocycles. The molecule has 1 saturated heterocycles. The summed E-state index contributed by atoms with van der Waals surface area (Å²) in [6.07, 6.45) is 0. The first-order valence-electron chi connectivity index (χ1n) is 12.9. The zero-order chi connectivity index (χ0) is 25.7. The van der Waals surface area contributed by atoms with Gasteiger partial charge < -0.3 is 0 Å². The van der Waals surface area contributed by atoms with E-state index in [-0.39, 0.29) is 4.75 Å². The highest BCUT2D eigenvalue weighted by Gasteiger charge is 2.44. The Balaban J connectivity index is 1.46. The molecule has 0 N–H and O–H groups in total. The summed E-state index contributed by atoms with van der Waals surface area (Å²) in [7, 11) is 0. The molecular weight excluding hydrogens is 507 g/mol. The van der Waals surface area contributed by atoms with Crippen molar-refractivity contribution in [2.45, 2.75) is 37.7 Å². The highest BCUT2D eigenvalue weighted by Crippen LogP contribution is 2.63. The van der Waals surface area contributed by atoms with Gasteiger partial charge in [-0.1, -0.05) is 133 Å². The topological polar surface area (TPSA) is 6.48 Å². The quantitative estimate of drug-likeness (QED) is 0.213. The number of nitrogens with zero attached hydrogens (tertiary/aromatic N) is 2. The average molecular weight is 543 g/mol. The van der Waals surface area contributed by atoms with Crippen LogP contribution in [0.2, 0.25) is 0 Å². The van der Waals surface area contributed by atoms with Crippen LogP contribution >= 0.6 is 16.6 Å². The molecule has 0 saturated carbocycles. The third-order valence-electron chi connectivity index (χ3n) is 7.09. The third-order valence-corrected chi connectivity index (χ3v) is 15.4. The molecule has 1 fully saturated rings. The first-order valence-corrected chi connectivity index (χ1v) is 17.1. The maximum atomic E-state index is 6.66. The van der Waals surface area contributed by atoms with Gasteiger partial charge in [0.05, 0.1) is 11.9 Å². The molecule has 1 aliphatic rings. The van der Waals surface area contributed by atoms with E-state index >= 15 is 0 Å².